The first kappa shape index (κ1) is 10.2. The van der Waals surface area contributed by atoms with E-state index in [0.717, 1.165) is 11.8 Å². The minimum atomic E-state index is 0.176. The monoisotopic (exact) mass is 206 g/mol. The molecular formula is C8H15BrO. The van der Waals surface area contributed by atoms with Crippen molar-refractivity contribution in [2.24, 2.45) is 5.41 Å². The molecule has 0 saturated carbocycles. The van der Waals surface area contributed by atoms with Crippen molar-refractivity contribution >= 4 is 21.7 Å². The molecule has 0 rings (SSSR count). The van der Waals surface area contributed by atoms with E-state index in [1.807, 2.05) is 0 Å². The number of alkyl halides is 1. The van der Waals surface area contributed by atoms with Gasteiger partial charge in [0.15, 0.2) is 0 Å². The number of hydrogen-bond donors (Lipinski definition) is 0. The van der Waals surface area contributed by atoms with E-state index < -0.39 is 0 Å². The number of carbonyl (C=O) groups excluding carboxylic acids is 1. The molecule has 0 atom stereocenters. The number of ketones is 1. The van der Waals surface area contributed by atoms with Crippen LogP contribution in [0.5, 0.6) is 0 Å². The van der Waals surface area contributed by atoms with Crippen LogP contribution in [0.25, 0.3) is 0 Å². The summed E-state index contributed by atoms with van der Waals surface area (Å²) in [5.41, 5.74) is 0.176. The molecule has 1 nitrogen and oxygen atoms in total. The van der Waals surface area contributed by atoms with Gasteiger partial charge >= 0.3 is 0 Å². The summed E-state index contributed by atoms with van der Waals surface area (Å²) in [7, 11) is 0. The Kier molecular flexibility index (Phi) is 4.18. The van der Waals surface area contributed by atoms with E-state index in [-0.39, 0.29) is 11.2 Å². The van der Waals surface area contributed by atoms with Crippen molar-refractivity contribution in [3.63, 3.8) is 0 Å². The van der Waals surface area contributed by atoms with Gasteiger partial charge in [-0.2, -0.15) is 0 Å². The van der Waals surface area contributed by atoms with Gasteiger partial charge in [0.25, 0.3) is 0 Å². The molecule has 0 bridgehead atoms. The second kappa shape index (κ2) is 4.12. The fraction of sp³-hybridized carbons (Fsp3) is 0.875. The van der Waals surface area contributed by atoms with Gasteiger partial charge in [-0.1, -0.05) is 29.8 Å². The van der Waals surface area contributed by atoms with E-state index >= 15 is 0 Å². The van der Waals surface area contributed by atoms with Gasteiger partial charge in [-0.3, -0.25) is 0 Å². The van der Waals surface area contributed by atoms with Crippen LogP contribution in [0.15, 0.2) is 0 Å². The molecule has 0 saturated heterocycles. The van der Waals surface area contributed by atoms with Crippen molar-refractivity contribution < 1.29 is 4.79 Å². The highest BCUT2D eigenvalue weighted by Gasteiger charge is 2.18. The Morgan fingerprint density at radius 3 is 2.30 bits per heavy atom. The third kappa shape index (κ3) is 4.98. The predicted octanol–water partition coefficient (Wildman–Crippen LogP) is 2.78. The lowest BCUT2D eigenvalue weighted by Gasteiger charge is -2.21. The maximum Gasteiger partial charge on any atom is 0.130 e. The molecule has 0 heterocycles. The molecule has 0 fully saturated rings. The largest absolute Gasteiger partial charge is 0.300 e. The lowest BCUT2D eigenvalue weighted by Crippen LogP contribution is -2.15. The summed E-state index contributed by atoms with van der Waals surface area (Å²) in [6.07, 6.45) is 1.76. The molecule has 0 aliphatic heterocycles. The molecule has 0 aliphatic rings. The second-order valence-corrected chi connectivity index (χ2v) is 4.27. The van der Waals surface area contributed by atoms with Gasteiger partial charge in [0.05, 0.1) is 0 Å². The zero-order chi connectivity index (χ0) is 8.20. The first-order valence-corrected chi connectivity index (χ1v) is 4.65. The zero-order valence-corrected chi connectivity index (χ0v) is 8.49. The van der Waals surface area contributed by atoms with Crippen LogP contribution in [-0.2, 0) is 4.79 Å². The van der Waals surface area contributed by atoms with Crippen LogP contribution in [0.2, 0.25) is 0 Å². The SMILES string of the molecule is CC(=O)CC(C)(C)CCBr. The van der Waals surface area contributed by atoms with Crippen molar-refractivity contribution in [3.8, 4) is 0 Å². The molecular weight excluding hydrogens is 192 g/mol. The van der Waals surface area contributed by atoms with Crippen molar-refractivity contribution in [2.75, 3.05) is 5.33 Å². The van der Waals surface area contributed by atoms with Crippen LogP contribution in [0.3, 0.4) is 0 Å². The predicted molar refractivity (Wildman–Crippen MR) is 47.5 cm³/mol. The molecule has 0 aromatic rings. The molecule has 0 radical (unpaired) electrons. The first-order valence-electron chi connectivity index (χ1n) is 3.53. The van der Waals surface area contributed by atoms with Crippen LogP contribution in [0.4, 0.5) is 0 Å². The topological polar surface area (TPSA) is 17.1 Å². The summed E-state index contributed by atoms with van der Waals surface area (Å²) in [4.78, 5) is 10.7. The van der Waals surface area contributed by atoms with Crippen molar-refractivity contribution in [3.05, 3.63) is 0 Å². The Hall–Kier alpha value is 0.150. The third-order valence-electron chi connectivity index (χ3n) is 1.50. The van der Waals surface area contributed by atoms with Gasteiger partial charge in [0.1, 0.15) is 5.78 Å². The van der Waals surface area contributed by atoms with E-state index in [2.05, 4.69) is 29.8 Å². The smallest absolute Gasteiger partial charge is 0.130 e. The molecule has 0 unspecified atom stereocenters. The molecule has 0 spiro atoms. The maximum atomic E-state index is 10.7. The Morgan fingerprint density at radius 2 is 2.00 bits per heavy atom. The zero-order valence-electron chi connectivity index (χ0n) is 6.91. The highest BCUT2D eigenvalue weighted by atomic mass is 79.9. The summed E-state index contributed by atoms with van der Waals surface area (Å²) in [5.74, 6) is 0.283. The third-order valence-corrected chi connectivity index (χ3v) is 1.90. The molecule has 0 N–H and O–H groups in total. The number of Topliss-reactive ketones (excluding diaryl/α,β-unsaturated/α-hetero) is 1. The Bertz CT molecular complexity index is 118. The Morgan fingerprint density at radius 1 is 1.50 bits per heavy atom. The fourth-order valence-electron chi connectivity index (χ4n) is 1.02. The van der Waals surface area contributed by atoms with Crippen LogP contribution >= 0.6 is 15.9 Å². The number of carbonyl (C=O) groups is 1. The van der Waals surface area contributed by atoms with Gasteiger partial charge < -0.3 is 4.79 Å². The van der Waals surface area contributed by atoms with Crippen LogP contribution in [0.1, 0.15) is 33.6 Å². The molecule has 0 amide bonds. The minimum absolute atomic E-state index is 0.176. The van der Waals surface area contributed by atoms with Gasteiger partial charge in [-0.15, -0.1) is 0 Å². The number of hydrogen-bond acceptors (Lipinski definition) is 1. The molecule has 0 aliphatic carbocycles. The van der Waals surface area contributed by atoms with E-state index in [1.165, 1.54) is 0 Å². The lowest BCUT2D eigenvalue weighted by molar-refractivity contribution is -0.118. The van der Waals surface area contributed by atoms with Crippen LogP contribution < -0.4 is 0 Å². The highest BCUT2D eigenvalue weighted by Crippen LogP contribution is 2.25. The highest BCUT2D eigenvalue weighted by molar-refractivity contribution is 9.09. The van der Waals surface area contributed by atoms with Gasteiger partial charge in [0.2, 0.25) is 0 Å². The molecule has 0 aromatic carbocycles. The van der Waals surface area contributed by atoms with Crippen molar-refractivity contribution in [1.29, 1.82) is 0 Å². The molecule has 60 valence electrons. The van der Waals surface area contributed by atoms with Crippen molar-refractivity contribution in [1.82, 2.24) is 0 Å². The van der Waals surface area contributed by atoms with Crippen molar-refractivity contribution in [2.45, 2.75) is 33.6 Å². The normalized spacial score (nSPS) is 11.6. The van der Waals surface area contributed by atoms with Gasteiger partial charge in [-0.25, -0.2) is 0 Å². The number of halogens is 1. The summed E-state index contributed by atoms with van der Waals surface area (Å²) in [5, 5.41) is 0.979. The average Bonchev–Trinajstić information content (AvgIpc) is 1.59. The van der Waals surface area contributed by atoms with Gasteiger partial charge in [-0.05, 0) is 18.8 Å². The van der Waals surface area contributed by atoms with Gasteiger partial charge in [0, 0.05) is 11.8 Å². The van der Waals surface area contributed by atoms with Crippen LogP contribution in [0, 0.1) is 5.41 Å². The maximum absolute atomic E-state index is 10.7. The Balaban J connectivity index is 3.74. The fourth-order valence-corrected chi connectivity index (χ4v) is 2.09. The minimum Gasteiger partial charge on any atom is -0.300 e. The average molecular weight is 207 g/mol. The van der Waals surface area contributed by atoms with E-state index in [1.54, 1.807) is 6.92 Å². The summed E-state index contributed by atoms with van der Waals surface area (Å²) in [6, 6.07) is 0. The van der Waals surface area contributed by atoms with E-state index in [4.69, 9.17) is 0 Å². The summed E-state index contributed by atoms with van der Waals surface area (Å²) < 4.78 is 0. The molecule has 2 heteroatoms. The quantitative estimate of drug-likeness (QED) is 0.648. The molecule has 10 heavy (non-hydrogen) atoms. The summed E-state index contributed by atoms with van der Waals surface area (Å²) >= 11 is 3.36. The lowest BCUT2D eigenvalue weighted by atomic mass is 9.85. The standard InChI is InChI=1S/C8H15BrO/c1-7(10)6-8(2,3)4-5-9/h4-6H2,1-3H3. The summed E-state index contributed by atoms with van der Waals surface area (Å²) in [6.45, 7) is 5.89. The van der Waals surface area contributed by atoms with E-state index in [0.29, 0.717) is 6.42 Å². The van der Waals surface area contributed by atoms with Crippen LogP contribution in [-0.4, -0.2) is 11.1 Å². The second-order valence-electron chi connectivity index (χ2n) is 3.48. The van der Waals surface area contributed by atoms with E-state index in [9.17, 15) is 4.79 Å². The Labute approximate surface area is 71.3 Å². The first-order chi connectivity index (χ1) is 4.48. The molecule has 0 aromatic heterocycles. The number of rotatable bonds is 4.